The Morgan fingerprint density at radius 3 is 3.14 bits per heavy atom. The minimum atomic E-state index is -0.613. The Bertz CT molecular complexity index is 181. The quantitative estimate of drug-likeness (QED) is 0.519. The lowest BCUT2D eigenvalue weighted by molar-refractivity contribution is -0.125. The van der Waals surface area contributed by atoms with Crippen LogP contribution in [0.1, 0.15) is 6.42 Å². The van der Waals surface area contributed by atoms with Crippen LogP contribution in [-0.2, 0) is 9.53 Å². The Kier molecular flexibility index (Phi) is 4.86. The molecule has 0 aromatic heterocycles. The SMILES string of the molecule is COCC(O)CNC(=O)C1CCNC1. The van der Waals surface area contributed by atoms with Crippen LogP contribution in [0.5, 0.6) is 0 Å². The van der Waals surface area contributed by atoms with Gasteiger partial charge in [0.2, 0.25) is 5.91 Å². The average Bonchev–Trinajstić information content (AvgIpc) is 2.67. The first-order valence-electron chi connectivity index (χ1n) is 4.89. The van der Waals surface area contributed by atoms with Crippen molar-refractivity contribution in [1.82, 2.24) is 10.6 Å². The highest BCUT2D eigenvalue weighted by Gasteiger charge is 2.22. The van der Waals surface area contributed by atoms with Crippen LogP contribution in [0.15, 0.2) is 0 Å². The van der Waals surface area contributed by atoms with Crippen molar-refractivity contribution in [2.45, 2.75) is 12.5 Å². The van der Waals surface area contributed by atoms with Gasteiger partial charge in [0.05, 0.1) is 18.6 Å². The molecule has 5 nitrogen and oxygen atoms in total. The summed E-state index contributed by atoms with van der Waals surface area (Å²) in [4.78, 5) is 11.5. The number of ether oxygens (including phenoxy) is 1. The number of carbonyl (C=O) groups excluding carboxylic acids is 1. The van der Waals surface area contributed by atoms with E-state index in [1.807, 2.05) is 0 Å². The minimum absolute atomic E-state index is 0.0187. The normalized spacial score (nSPS) is 23.4. The van der Waals surface area contributed by atoms with Gasteiger partial charge in [0, 0.05) is 20.2 Å². The summed E-state index contributed by atoms with van der Waals surface area (Å²) in [5.74, 6) is 0.0786. The van der Waals surface area contributed by atoms with E-state index in [0.29, 0.717) is 0 Å². The fraction of sp³-hybridized carbons (Fsp3) is 0.889. The lowest BCUT2D eigenvalue weighted by Gasteiger charge is -2.13. The van der Waals surface area contributed by atoms with Crippen molar-refractivity contribution in [3.05, 3.63) is 0 Å². The highest BCUT2D eigenvalue weighted by Crippen LogP contribution is 2.06. The van der Waals surface area contributed by atoms with Crippen LogP contribution < -0.4 is 10.6 Å². The summed E-state index contributed by atoms with van der Waals surface area (Å²) in [5.41, 5.74) is 0. The number of hydrogen-bond acceptors (Lipinski definition) is 4. The van der Waals surface area contributed by atoms with Crippen molar-refractivity contribution < 1.29 is 14.6 Å². The summed E-state index contributed by atoms with van der Waals surface area (Å²) >= 11 is 0. The van der Waals surface area contributed by atoms with Gasteiger partial charge in [-0.25, -0.2) is 0 Å². The number of nitrogens with one attached hydrogen (secondary N) is 2. The monoisotopic (exact) mass is 202 g/mol. The van der Waals surface area contributed by atoms with Gasteiger partial charge in [0.1, 0.15) is 0 Å². The van der Waals surface area contributed by atoms with E-state index in [1.165, 1.54) is 7.11 Å². The maximum Gasteiger partial charge on any atom is 0.224 e. The van der Waals surface area contributed by atoms with Gasteiger partial charge < -0.3 is 20.5 Å². The summed E-state index contributed by atoms with van der Waals surface area (Å²) in [6, 6.07) is 0. The van der Waals surface area contributed by atoms with Crippen LogP contribution in [0.4, 0.5) is 0 Å². The number of methoxy groups -OCH3 is 1. The Hall–Kier alpha value is -0.650. The van der Waals surface area contributed by atoms with Crippen LogP contribution in [-0.4, -0.2) is 50.5 Å². The van der Waals surface area contributed by atoms with Gasteiger partial charge in [-0.1, -0.05) is 0 Å². The van der Waals surface area contributed by atoms with Gasteiger partial charge in [-0.05, 0) is 13.0 Å². The van der Waals surface area contributed by atoms with E-state index in [4.69, 9.17) is 4.74 Å². The van der Waals surface area contributed by atoms with Crippen LogP contribution in [0.25, 0.3) is 0 Å². The number of amides is 1. The van der Waals surface area contributed by atoms with Gasteiger partial charge >= 0.3 is 0 Å². The molecule has 0 aliphatic carbocycles. The molecule has 1 aliphatic rings. The Morgan fingerprint density at radius 1 is 1.79 bits per heavy atom. The first-order valence-corrected chi connectivity index (χ1v) is 4.89. The van der Waals surface area contributed by atoms with Crippen molar-refractivity contribution in [1.29, 1.82) is 0 Å². The predicted octanol–water partition coefficient (Wildman–Crippen LogP) is -1.28. The molecule has 3 N–H and O–H groups in total. The van der Waals surface area contributed by atoms with E-state index in [1.54, 1.807) is 0 Å². The maximum atomic E-state index is 11.5. The second-order valence-corrected chi connectivity index (χ2v) is 3.54. The number of rotatable bonds is 5. The highest BCUT2D eigenvalue weighted by atomic mass is 16.5. The van der Waals surface area contributed by atoms with E-state index >= 15 is 0 Å². The third-order valence-corrected chi connectivity index (χ3v) is 2.30. The molecule has 0 aromatic rings. The summed E-state index contributed by atoms with van der Waals surface area (Å²) < 4.78 is 4.75. The van der Waals surface area contributed by atoms with Gasteiger partial charge in [-0.3, -0.25) is 4.79 Å². The summed E-state index contributed by atoms with van der Waals surface area (Å²) in [6.07, 6.45) is 0.268. The van der Waals surface area contributed by atoms with Crippen LogP contribution >= 0.6 is 0 Å². The number of aliphatic hydroxyl groups excluding tert-OH is 1. The molecule has 5 heteroatoms. The standard InChI is InChI=1S/C9H18N2O3/c1-14-6-8(12)5-11-9(13)7-2-3-10-4-7/h7-8,10,12H,2-6H2,1H3,(H,11,13). The summed E-state index contributed by atoms with van der Waals surface area (Å²) in [7, 11) is 1.52. The Morgan fingerprint density at radius 2 is 2.57 bits per heavy atom. The Balaban J connectivity index is 2.13. The summed E-state index contributed by atoms with van der Waals surface area (Å²) in [5, 5.41) is 15.1. The van der Waals surface area contributed by atoms with Crippen LogP contribution in [0.3, 0.4) is 0 Å². The molecule has 1 aliphatic heterocycles. The summed E-state index contributed by atoms with van der Waals surface area (Å²) in [6.45, 7) is 2.16. The molecule has 0 radical (unpaired) electrons. The molecule has 0 saturated carbocycles. The van der Waals surface area contributed by atoms with Crippen molar-refractivity contribution in [3.8, 4) is 0 Å². The van der Waals surface area contributed by atoms with E-state index in [-0.39, 0.29) is 25.0 Å². The number of aliphatic hydroxyl groups is 1. The highest BCUT2D eigenvalue weighted by molar-refractivity contribution is 5.79. The van der Waals surface area contributed by atoms with Crippen molar-refractivity contribution in [2.75, 3.05) is 33.4 Å². The van der Waals surface area contributed by atoms with Gasteiger partial charge in [0.15, 0.2) is 0 Å². The van der Waals surface area contributed by atoms with Crippen LogP contribution in [0, 0.1) is 5.92 Å². The first kappa shape index (κ1) is 11.4. The molecule has 0 aromatic carbocycles. The maximum absolute atomic E-state index is 11.5. The van der Waals surface area contributed by atoms with E-state index in [0.717, 1.165) is 19.5 Å². The first-order chi connectivity index (χ1) is 6.74. The number of hydrogen-bond donors (Lipinski definition) is 3. The smallest absolute Gasteiger partial charge is 0.224 e. The molecule has 0 spiro atoms. The van der Waals surface area contributed by atoms with E-state index < -0.39 is 6.10 Å². The fourth-order valence-electron chi connectivity index (χ4n) is 1.49. The average molecular weight is 202 g/mol. The third-order valence-electron chi connectivity index (χ3n) is 2.30. The zero-order chi connectivity index (χ0) is 10.4. The number of carbonyl (C=O) groups is 1. The fourth-order valence-corrected chi connectivity index (χ4v) is 1.49. The molecular formula is C9H18N2O3. The molecule has 2 unspecified atom stereocenters. The van der Waals surface area contributed by atoms with E-state index in [9.17, 15) is 9.90 Å². The zero-order valence-corrected chi connectivity index (χ0v) is 8.45. The molecule has 1 saturated heterocycles. The third kappa shape index (κ3) is 3.61. The molecule has 1 heterocycles. The lowest BCUT2D eigenvalue weighted by atomic mass is 10.1. The minimum Gasteiger partial charge on any atom is -0.389 e. The molecular weight excluding hydrogens is 184 g/mol. The van der Waals surface area contributed by atoms with Gasteiger partial charge in [-0.15, -0.1) is 0 Å². The van der Waals surface area contributed by atoms with Crippen molar-refractivity contribution in [3.63, 3.8) is 0 Å². The van der Waals surface area contributed by atoms with E-state index in [2.05, 4.69) is 10.6 Å². The molecule has 1 rings (SSSR count). The lowest BCUT2D eigenvalue weighted by Crippen LogP contribution is -2.38. The van der Waals surface area contributed by atoms with Crippen LogP contribution in [0.2, 0.25) is 0 Å². The molecule has 1 amide bonds. The predicted molar refractivity (Wildman–Crippen MR) is 51.9 cm³/mol. The molecule has 2 atom stereocenters. The largest absolute Gasteiger partial charge is 0.389 e. The van der Waals surface area contributed by atoms with Crippen molar-refractivity contribution in [2.24, 2.45) is 5.92 Å². The molecule has 82 valence electrons. The zero-order valence-electron chi connectivity index (χ0n) is 8.45. The molecule has 14 heavy (non-hydrogen) atoms. The van der Waals surface area contributed by atoms with Crippen molar-refractivity contribution >= 4 is 5.91 Å². The molecule has 1 fully saturated rings. The second-order valence-electron chi connectivity index (χ2n) is 3.54. The van der Waals surface area contributed by atoms with Gasteiger partial charge in [0.25, 0.3) is 0 Å². The Labute approximate surface area is 83.8 Å². The van der Waals surface area contributed by atoms with Gasteiger partial charge in [-0.2, -0.15) is 0 Å². The molecule has 0 bridgehead atoms. The second kappa shape index (κ2) is 5.95. The topological polar surface area (TPSA) is 70.6 Å².